The van der Waals surface area contributed by atoms with Crippen molar-refractivity contribution in [1.29, 1.82) is 0 Å². The van der Waals surface area contributed by atoms with Gasteiger partial charge in [0.2, 0.25) is 0 Å². The van der Waals surface area contributed by atoms with Gasteiger partial charge in [-0.15, -0.1) is 0 Å². The Balaban J connectivity index is 3.22. The summed E-state index contributed by atoms with van der Waals surface area (Å²) in [4.78, 5) is 10.4. The second-order valence-corrected chi connectivity index (χ2v) is 2.23. The average molecular weight is 154 g/mol. The monoisotopic (exact) mass is 154 g/mol. The molecule has 0 heterocycles. The topological polar surface area (TPSA) is 26.3 Å². The number of ether oxygens (including phenoxy) is 1. The van der Waals surface area contributed by atoms with Gasteiger partial charge in [-0.3, -0.25) is 4.79 Å². The number of unbranched alkanes of at least 4 members (excludes halogenated alkanes) is 2. The number of hydrogen-bond donors (Lipinski definition) is 0. The molecule has 0 aromatic carbocycles. The summed E-state index contributed by atoms with van der Waals surface area (Å²) in [7, 11) is 0. The molecule has 1 atom stereocenters. The van der Waals surface area contributed by atoms with Gasteiger partial charge in [-0.1, -0.05) is 6.92 Å². The van der Waals surface area contributed by atoms with E-state index >= 15 is 0 Å². The Hall–Kier alpha value is -0.530. The van der Waals surface area contributed by atoms with Gasteiger partial charge in [-0.05, 0) is 26.2 Å². The van der Waals surface area contributed by atoms with E-state index in [9.17, 15) is 4.79 Å². The first kappa shape index (κ1) is 10.5. The van der Waals surface area contributed by atoms with Crippen molar-refractivity contribution in [3.05, 3.63) is 25.7 Å². The molecule has 0 unspecified atom stereocenters. The number of carbonyl (C=O) groups excluding carboxylic acids is 1. The van der Waals surface area contributed by atoms with Gasteiger partial charge in [0.25, 0.3) is 0 Å². The fourth-order valence-corrected chi connectivity index (χ4v) is 0.633. The van der Waals surface area contributed by atoms with Crippen LogP contribution >= 0.6 is 0 Å². The summed E-state index contributed by atoms with van der Waals surface area (Å²) in [6.45, 7) is 5.15. The van der Waals surface area contributed by atoms with Crippen LogP contribution in [0.15, 0.2) is 0 Å². The third-order valence-electron chi connectivity index (χ3n) is 1.04. The highest BCUT2D eigenvalue weighted by Crippen LogP contribution is 2.02. The minimum absolute atomic E-state index is 0.135. The van der Waals surface area contributed by atoms with Crippen LogP contribution < -0.4 is 0 Å². The lowest BCUT2D eigenvalue weighted by molar-refractivity contribution is -0.143. The summed E-state index contributed by atoms with van der Waals surface area (Å²) in [5, 5.41) is 0. The Labute approximate surface area is 68.9 Å². The van der Waals surface area contributed by atoms with Crippen molar-refractivity contribution in [2.75, 3.05) is 0 Å². The molecule has 0 spiro atoms. The molecule has 0 saturated carbocycles. The van der Waals surface area contributed by atoms with Crippen molar-refractivity contribution in [3.63, 3.8) is 0 Å². The van der Waals surface area contributed by atoms with E-state index in [-0.39, 0.29) is 12.1 Å². The van der Waals surface area contributed by atoms with Crippen LogP contribution in [-0.4, -0.2) is 12.1 Å². The van der Waals surface area contributed by atoms with Crippen LogP contribution in [0.2, 0.25) is 0 Å². The fourth-order valence-electron chi connectivity index (χ4n) is 0.633. The van der Waals surface area contributed by atoms with E-state index in [0.29, 0.717) is 0 Å². The molecule has 62 valence electrons. The molecule has 0 N–H and O–H groups in total. The predicted molar refractivity (Wildman–Crippen MR) is 44.1 cm³/mol. The molecular formula is C9H14O2. The van der Waals surface area contributed by atoms with Gasteiger partial charge in [0.1, 0.15) is 6.10 Å². The highest BCUT2D eigenvalue weighted by molar-refractivity contribution is 5.66. The molecule has 0 fully saturated rings. The average Bonchev–Trinajstić information content (AvgIpc) is 1.86. The Morgan fingerprint density at radius 3 is 2.55 bits per heavy atom. The van der Waals surface area contributed by atoms with E-state index in [1.807, 2.05) is 39.5 Å². The second kappa shape index (κ2) is 6.20. The zero-order chi connectivity index (χ0) is 8.69. The van der Waals surface area contributed by atoms with Gasteiger partial charge in [-0.25, -0.2) is 0 Å². The van der Waals surface area contributed by atoms with Gasteiger partial charge in [0.15, 0.2) is 0 Å². The first-order chi connectivity index (χ1) is 5.16. The lowest BCUT2D eigenvalue weighted by Gasteiger charge is -2.09. The molecule has 0 aromatic rings. The van der Waals surface area contributed by atoms with E-state index < -0.39 is 0 Å². The van der Waals surface area contributed by atoms with Gasteiger partial charge >= 0.3 is 5.97 Å². The summed E-state index contributed by atoms with van der Waals surface area (Å²) in [6.07, 6.45) is 7.34. The first-order valence-electron chi connectivity index (χ1n) is 3.63. The summed E-state index contributed by atoms with van der Waals surface area (Å²) in [5.74, 6) is -0.248. The normalized spacial score (nSPS) is 12.6. The third kappa shape index (κ3) is 7.37. The highest BCUT2D eigenvalue weighted by atomic mass is 16.5. The minimum atomic E-state index is -0.248. The second-order valence-electron chi connectivity index (χ2n) is 2.23. The number of rotatable bonds is 5. The molecule has 0 rings (SSSR count). The van der Waals surface area contributed by atoms with Crippen LogP contribution in [0.4, 0.5) is 0 Å². The molecule has 0 amide bonds. The van der Waals surface area contributed by atoms with Gasteiger partial charge in [0.05, 0.1) is 0 Å². The maximum Gasteiger partial charge on any atom is 0.302 e. The van der Waals surface area contributed by atoms with Crippen molar-refractivity contribution < 1.29 is 9.53 Å². The van der Waals surface area contributed by atoms with Crippen molar-refractivity contribution in [2.24, 2.45) is 0 Å². The van der Waals surface area contributed by atoms with Gasteiger partial charge in [0, 0.05) is 13.3 Å². The SMILES string of the molecule is C[CH][CH][CH][CH][C@H](C)OC(C)=O. The Morgan fingerprint density at radius 1 is 1.45 bits per heavy atom. The lowest BCUT2D eigenvalue weighted by Crippen LogP contribution is -2.12. The van der Waals surface area contributed by atoms with E-state index in [0.717, 1.165) is 0 Å². The van der Waals surface area contributed by atoms with Crippen LogP contribution in [0.1, 0.15) is 20.8 Å². The molecule has 0 bridgehead atoms. The molecule has 0 saturated heterocycles. The molecule has 0 aliphatic rings. The summed E-state index contributed by atoms with van der Waals surface area (Å²) < 4.78 is 4.84. The number of esters is 1. The maximum absolute atomic E-state index is 10.4. The Kier molecular flexibility index (Phi) is 5.90. The number of hydrogen-bond acceptors (Lipinski definition) is 2. The molecular weight excluding hydrogens is 140 g/mol. The smallest absolute Gasteiger partial charge is 0.302 e. The van der Waals surface area contributed by atoms with Gasteiger partial charge in [-0.2, -0.15) is 0 Å². The fraction of sp³-hybridized carbons (Fsp3) is 0.444. The van der Waals surface area contributed by atoms with Crippen LogP contribution in [-0.2, 0) is 9.53 Å². The molecule has 11 heavy (non-hydrogen) atoms. The maximum atomic E-state index is 10.4. The Bertz CT molecular complexity index is 110. The van der Waals surface area contributed by atoms with Crippen LogP contribution in [0.5, 0.6) is 0 Å². The standard InChI is InChI=1S/C9H14O2/c1-4-5-6-7-8(2)11-9(3)10/h4-8H,1-3H3/t8-/m0/s1. The van der Waals surface area contributed by atoms with Crippen molar-refractivity contribution in [1.82, 2.24) is 0 Å². The van der Waals surface area contributed by atoms with E-state index in [1.54, 1.807) is 0 Å². The molecule has 0 aromatic heterocycles. The first-order valence-corrected chi connectivity index (χ1v) is 3.63. The predicted octanol–water partition coefficient (Wildman–Crippen LogP) is 1.78. The summed E-state index contributed by atoms with van der Waals surface area (Å²) in [6, 6.07) is 0. The van der Waals surface area contributed by atoms with Crippen LogP contribution in [0, 0.1) is 25.7 Å². The zero-order valence-corrected chi connectivity index (χ0v) is 7.20. The highest BCUT2D eigenvalue weighted by Gasteiger charge is 2.04. The van der Waals surface area contributed by atoms with Crippen LogP contribution in [0.3, 0.4) is 0 Å². The molecule has 2 heteroatoms. The van der Waals surface area contributed by atoms with Crippen molar-refractivity contribution in [2.45, 2.75) is 26.9 Å². The molecule has 4 radical (unpaired) electrons. The number of carbonyl (C=O) groups is 1. The third-order valence-corrected chi connectivity index (χ3v) is 1.04. The van der Waals surface area contributed by atoms with E-state index in [2.05, 4.69) is 0 Å². The quantitative estimate of drug-likeness (QED) is 0.445. The molecule has 0 aliphatic heterocycles. The largest absolute Gasteiger partial charge is 0.463 e. The van der Waals surface area contributed by atoms with E-state index in [1.165, 1.54) is 6.92 Å². The van der Waals surface area contributed by atoms with Gasteiger partial charge < -0.3 is 4.74 Å². The van der Waals surface area contributed by atoms with Crippen molar-refractivity contribution >= 4 is 5.97 Å². The van der Waals surface area contributed by atoms with E-state index in [4.69, 9.17) is 4.74 Å². The van der Waals surface area contributed by atoms with Crippen molar-refractivity contribution in [3.8, 4) is 0 Å². The summed E-state index contributed by atoms with van der Waals surface area (Å²) >= 11 is 0. The lowest BCUT2D eigenvalue weighted by atomic mass is 10.1. The Morgan fingerprint density at radius 2 is 2.09 bits per heavy atom. The summed E-state index contributed by atoms with van der Waals surface area (Å²) in [5.41, 5.74) is 0. The minimum Gasteiger partial charge on any atom is -0.463 e. The molecule has 0 aliphatic carbocycles. The van der Waals surface area contributed by atoms with Crippen LogP contribution in [0.25, 0.3) is 0 Å². The zero-order valence-electron chi connectivity index (χ0n) is 7.20. The molecule has 2 nitrogen and oxygen atoms in total.